The summed E-state index contributed by atoms with van der Waals surface area (Å²) in [5.74, 6) is -1.72. The average molecular weight is 318 g/mol. The second-order valence-corrected chi connectivity index (χ2v) is 6.09. The molecule has 0 aromatic heterocycles. The molecule has 2 rings (SSSR count). The number of aliphatic carboxylic acids is 1. The summed E-state index contributed by atoms with van der Waals surface area (Å²) in [6, 6.07) is 4.05. The fraction of sp³-hybridized carbons (Fsp3) is 0.471. The third-order valence-electron chi connectivity index (χ3n) is 4.04. The third kappa shape index (κ3) is 3.88. The zero-order chi connectivity index (χ0) is 17.1. The Morgan fingerprint density at radius 2 is 1.87 bits per heavy atom. The van der Waals surface area contributed by atoms with Crippen LogP contribution in [-0.4, -0.2) is 36.0 Å². The standard InChI is InChI=1S/C17H22N2O4/c1-10-6-11(2)16(12(3)7-10)19-9-13(8-14(19)20)17(23)18-5-4-15(21)22/h6-7,13H,4-5,8-9H2,1-3H3,(H,18,23)(H,21,22)/t13-/m0/s1. The van der Waals surface area contributed by atoms with Crippen LogP contribution >= 0.6 is 0 Å². The second kappa shape index (κ2) is 6.81. The summed E-state index contributed by atoms with van der Waals surface area (Å²) in [7, 11) is 0. The van der Waals surface area contributed by atoms with E-state index in [0.717, 1.165) is 22.4 Å². The van der Waals surface area contributed by atoms with Gasteiger partial charge in [0.1, 0.15) is 0 Å². The van der Waals surface area contributed by atoms with Gasteiger partial charge < -0.3 is 15.3 Å². The van der Waals surface area contributed by atoms with Crippen LogP contribution in [0.5, 0.6) is 0 Å². The van der Waals surface area contributed by atoms with Crippen LogP contribution in [0.15, 0.2) is 12.1 Å². The lowest BCUT2D eigenvalue weighted by atomic mass is 10.0. The smallest absolute Gasteiger partial charge is 0.305 e. The predicted octanol–water partition coefficient (Wildman–Crippen LogP) is 1.56. The molecule has 1 aromatic carbocycles. The van der Waals surface area contributed by atoms with Crippen molar-refractivity contribution in [2.24, 2.45) is 5.92 Å². The molecule has 0 radical (unpaired) electrons. The van der Waals surface area contributed by atoms with E-state index < -0.39 is 11.9 Å². The Labute approximate surface area is 135 Å². The summed E-state index contributed by atoms with van der Waals surface area (Å²) >= 11 is 0. The number of carboxylic acids is 1. The van der Waals surface area contributed by atoms with E-state index in [4.69, 9.17) is 5.11 Å². The first-order chi connectivity index (χ1) is 10.8. The molecule has 1 atom stereocenters. The molecule has 1 aromatic rings. The fourth-order valence-electron chi connectivity index (χ4n) is 3.13. The number of nitrogens with one attached hydrogen (secondary N) is 1. The van der Waals surface area contributed by atoms with E-state index in [9.17, 15) is 14.4 Å². The Balaban J connectivity index is 2.08. The van der Waals surface area contributed by atoms with Gasteiger partial charge in [0.25, 0.3) is 0 Å². The molecule has 2 N–H and O–H groups in total. The van der Waals surface area contributed by atoms with Crippen molar-refractivity contribution in [1.82, 2.24) is 5.32 Å². The van der Waals surface area contributed by atoms with E-state index in [-0.39, 0.29) is 31.2 Å². The van der Waals surface area contributed by atoms with Gasteiger partial charge in [0.15, 0.2) is 0 Å². The number of anilines is 1. The van der Waals surface area contributed by atoms with E-state index in [2.05, 4.69) is 5.32 Å². The van der Waals surface area contributed by atoms with E-state index in [0.29, 0.717) is 6.54 Å². The van der Waals surface area contributed by atoms with Crippen LogP contribution in [0.3, 0.4) is 0 Å². The van der Waals surface area contributed by atoms with Gasteiger partial charge in [0, 0.05) is 25.2 Å². The number of hydrogen-bond donors (Lipinski definition) is 2. The Morgan fingerprint density at radius 3 is 2.43 bits per heavy atom. The fourth-order valence-corrected chi connectivity index (χ4v) is 3.13. The highest BCUT2D eigenvalue weighted by atomic mass is 16.4. The summed E-state index contributed by atoms with van der Waals surface area (Å²) in [4.78, 5) is 36.6. The molecule has 124 valence electrons. The van der Waals surface area contributed by atoms with Crippen molar-refractivity contribution in [3.63, 3.8) is 0 Å². The molecule has 1 aliphatic heterocycles. The molecular weight excluding hydrogens is 296 g/mol. The van der Waals surface area contributed by atoms with Crippen molar-refractivity contribution in [3.8, 4) is 0 Å². The molecule has 0 spiro atoms. The summed E-state index contributed by atoms with van der Waals surface area (Å²) in [5, 5.41) is 11.2. The Bertz CT molecular complexity index is 631. The molecule has 6 nitrogen and oxygen atoms in total. The predicted molar refractivity (Wildman–Crippen MR) is 86.4 cm³/mol. The Morgan fingerprint density at radius 1 is 1.26 bits per heavy atom. The van der Waals surface area contributed by atoms with E-state index in [1.165, 1.54) is 0 Å². The Kier molecular flexibility index (Phi) is 5.03. The summed E-state index contributed by atoms with van der Waals surface area (Å²) in [6.07, 6.45) is 0.0396. The first-order valence-corrected chi connectivity index (χ1v) is 7.67. The molecule has 0 saturated carbocycles. The lowest BCUT2D eigenvalue weighted by Gasteiger charge is -2.22. The van der Waals surface area contributed by atoms with Crippen LogP contribution in [0.2, 0.25) is 0 Å². The summed E-state index contributed by atoms with van der Waals surface area (Å²) < 4.78 is 0. The lowest BCUT2D eigenvalue weighted by molar-refractivity contribution is -0.137. The molecule has 0 bridgehead atoms. The van der Waals surface area contributed by atoms with Crippen molar-refractivity contribution >= 4 is 23.5 Å². The van der Waals surface area contributed by atoms with Crippen molar-refractivity contribution in [2.45, 2.75) is 33.6 Å². The van der Waals surface area contributed by atoms with E-state index >= 15 is 0 Å². The van der Waals surface area contributed by atoms with E-state index in [1.54, 1.807) is 4.90 Å². The minimum atomic E-state index is -0.958. The Hall–Kier alpha value is -2.37. The monoisotopic (exact) mass is 318 g/mol. The number of amides is 2. The van der Waals surface area contributed by atoms with Crippen molar-refractivity contribution in [1.29, 1.82) is 0 Å². The number of hydrogen-bond acceptors (Lipinski definition) is 3. The molecule has 6 heteroatoms. The van der Waals surface area contributed by atoms with Gasteiger partial charge >= 0.3 is 5.97 Å². The first kappa shape index (κ1) is 17.0. The average Bonchev–Trinajstić information content (AvgIpc) is 2.79. The van der Waals surface area contributed by atoms with Gasteiger partial charge in [-0.1, -0.05) is 17.7 Å². The van der Waals surface area contributed by atoms with Gasteiger partial charge in [-0.25, -0.2) is 0 Å². The maximum absolute atomic E-state index is 12.3. The molecule has 0 unspecified atom stereocenters. The SMILES string of the molecule is Cc1cc(C)c(N2C[C@@H](C(=O)NCCC(=O)O)CC2=O)c(C)c1. The number of aryl methyl sites for hydroxylation is 3. The topological polar surface area (TPSA) is 86.7 Å². The van der Waals surface area contributed by atoms with Crippen molar-refractivity contribution in [3.05, 3.63) is 28.8 Å². The van der Waals surface area contributed by atoms with Gasteiger partial charge in [-0.2, -0.15) is 0 Å². The number of carbonyl (C=O) groups is 3. The molecule has 1 saturated heterocycles. The maximum Gasteiger partial charge on any atom is 0.305 e. The van der Waals surface area contributed by atoms with Crippen molar-refractivity contribution < 1.29 is 19.5 Å². The van der Waals surface area contributed by atoms with Gasteiger partial charge in [-0.15, -0.1) is 0 Å². The third-order valence-corrected chi connectivity index (χ3v) is 4.04. The summed E-state index contributed by atoms with van der Waals surface area (Å²) in [5.41, 5.74) is 4.05. The van der Waals surface area contributed by atoms with Crippen LogP contribution in [0.1, 0.15) is 29.5 Å². The van der Waals surface area contributed by atoms with Gasteiger partial charge in [-0.05, 0) is 31.9 Å². The zero-order valence-corrected chi connectivity index (χ0v) is 13.7. The molecule has 1 heterocycles. The van der Waals surface area contributed by atoms with Crippen LogP contribution in [0.25, 0.3) is 0 Å². The largest absolute Gasteiger partial charge is 0.481 e. The van der Waals surface area contributed by atoms with E-state index in [1.807, 2.05) is 32.9 Å². The number of benzene rings is 1. The van der Waals surface area contributed by atoms with Crippen LogP contribution in [0, 0.1) is 26.7 Å². The number of rotatable bonds is 5. The normalized spacial score (nSPS) is 17.4. The minimum Gasteiger partial charge on any atom is -0.481 e. The molecular formula is C17H22N2O4. The molecule has 23 heavy (non-hydrogen) atoms. The van der Waals surface area contributed by atoms with Gasteiger partial charge in [0.05, 0.1) is 12.3 Å². The summed E-state index contributed by atoms with van der Waals surface area (Å²) in [6.45, 7) is 6.35. The number of carbonyl (C=O) groups excluding carboxylic acids is 2. The molecule has 0 aliphatic carbocycles. The highest BCUT2D eigenvalue weighted by Crippen LogP contribution is 2.31. The van der Waals surface area contributed by atoms with Crippen LogP contribution in [-0.2, 0) is 14.4 Å². The highest BCUT2D eigenvalue weighted by molar-refractivity contribution is 6.01. The molecule has 1 aliphatic rings. The van der Waals surface area contributed by atoms with Gasteiger partial charge in [0.2, 0.25) is 11.8 Å². The molecule has 2 amide bonds. The molecule has 1 fully saturated rings. The van der Waals surface area contributed by atoms with Gasteiger partial charge in [-0.3, -0.25) is 14.4 Å². The second-order valence-electron chi connectivity index (χ2n) is 6.09. The number of carboxylic acid groups (broad SMARTS) is 1. The zero-order valence-electron chi connectivity index (χ0n) is 13.7. The quantitative estimate of drug-likeness (QED) is 0.862. The van der Waals surface area contributed by atoms with Crippen molar-refractivity contribution in [2.75, 3.05) is 18.0 Å². The highest BCUT2D eigenvalue weighted by Gasteiger charge is 2.36. The van der Waals surface area contributed by atoms with Crippen LogP contribution in [0.4, 0.5) is 5.69 Å². The van der Waals surface area contributed by atoms with Crippen LogP contribution < -0.4 is 10.2 Å². The lowest BCUT2D eigenvalue weighted by Crippen LogP contribution is -2.34. The first-order valence-electron chi connectivity index (χ1n) is 7.67. The minimum absolute atomic E-state index is 0.0709. The maximum atomic E-state index is 12.3. The number of nitrogens with zero attached hydrogens (tertiary/aromatic N) is 1.